The van der Waals surface area contributed by atoms with Crippen molar-refractivity contribution >= 4 is 5.97 Å². The molecule has 0 atom stereocenters. The van der Waals surface area contributed by atoms with E-state index in [9.17, 15) is 9.90 Å². The first-order valence-electron chi connectivity index (χ1n) is 7.02. The molecule has 2 aromatic rings. The number of carboxylic acid groups (broad SMARTS) is 1. The lowest BCUT2D eigenvalue weighted by Crippen LogP contribution is -2.49. The molecular formula is C14H17N5O2. The number of rotatable bonds is 5. The van der Waals surface area contributed by atoms with Gasteiger partial charge >= 0.3 is 5.97 Å². The molecule has 0 amide bonds. The van der Waals surface area contributed by atoms with Crippen molar-refractivity contribution in [3.05, 3.63) is 36.2 Å². The largest absolute Gasteiger partial charge is 0.480 e. The molecule has 0 spiro atoms. The van der Waals surface area contributed by atoms with Crippen LogP contribution >= 0.6 is 0 Å². The molecule has 1 fully saturated rings. The second-order valence-corrected chi connectivity index (χ2v) is 5.29. The Kier molecular flexibility index (Phi) is 3.66. The minimum Gasteiger partial charge on any atom is -0.480 e. The molecule has 0 aliphatic heterocycles. The molecule has 0 bridgehead atoms. The summed E-state index contributed by atoms with van der Waals surface area (Å²) in [5.41, 5.74) is 0.0168. The van der Waals surface area contributed by atoms with E-state index in [0.29, 0.717) is 25.2 Å². The van der Waals surface area contributed by atoms with E-state index in [0.717, 1.165) is 18.5 Å². The summed E-state index contributed by atoms with van der Waals surface area (Å²) in [6, 6.07) is 9.54. The maximum Gasteiger partial charge on any atom is 0.323 e. The third-order valence-electron chi connectivity index (χ3n) is 3.99. The first-order valence-corrected chi connectivity index (χ1v) is 7.02. The molecule has 0 radical (unpaired) electrons. The van der Waals surface area contributed by atoms with Crippen molar-refractivity contribution in [3.63, 3.8) is 0 Å². The number of para-hydroxylation sites is 1. The van der Waals surface area contributed by atoms with Crippen LogP contribution in [0.1, 0.15) is 31.5 Å². The molecule has 1 aromatic carbocycles. The van der Waals surface area contributed by atoms with Gasteiger partial charge in [-0.3, -0.25) is 10.1 Å². The molecule has 1 saturated carbocycles. The number of benzene rings is 1. The Labute approximate surface area is 122 Å². The van der Waals surface area contributed by atoms with Crippen LogP contribution in [-0.2, 0) is 11.3 Å². The standard InChI is InChI=1S/C14H17N5O2/c20-13(21)14(8-4-5-9-14)15-10-12-16-17-18-19(12)11-6-2-1-3-7-11/h1-3,6-7,15H,4-5,8-10H2,(H,20,21). The predicted molar refractivity (Wildman–Crippen MR) is 74.8 cm³/mol. The molecule has 0 unspecified atom stereocenters. The van der Waals surface area contributed by atoms with Gasteiger partial charge in [-0.2, -0.15) is 4.68 Å². The van der Waals surface area contributed by atoms with Crippen molar-refractivity contribution < 1.29 is 9.90 Å². The van der Waals surface area contributed by atoms with Crippen LogP contribution in [0.3, 0.4) is 0 Å². The van der Waals surface area contributed by atoms with Crippen molar-refractivity contribution in [1.29, 1.82) is 0 Å². The fraction of sp³-hybridized carbons (Fsp3) is 0.429. The van der Waals surface area contributed by atoms with Crippen LogP contribution in [-0.4, -0.2) is 36.8 Å². The molecule has 0 saturated heterocycles. The third kappa shape index (κ3) is 2.64. The normalized spacial score (nSPS) is 17.0. The molecule has 110 valence electrons. The second-order valence-electron chi connectivity index (χ2n) is 5.29. The first kappa shape index (κ1) is 13.7. The Bertz CT molecular complexity index is 619. The molecule has 3 rings (SSSR count). The SMILES string of the molecule is O=C(O)C1(NCc2nnnn2-c2ccccc2)CCCC1. The van der Waals surface area contributed by atoms with Gasteiger partial charge in [0.15, 0.2) is 5.82 Å². The van der Waals surface area contributed by atoms with Crippen LogP contribution in [0.4, 0.5) is 0 Å². The Hall–Kier alpha value is -2.28. The summed E-state index contributed by atoms with van der Waals surface area (Å²) in [6.07, 6.45) is 3.16. The lowest BCUT2D eigenvalue weighted by molar-refractivity contribution is -0.144. The zero-order valence-electron chi connectivity index (χ0n) is 11.6. The molecule has 7 nitrogen and oxygen atoms in total. The highest BCUT2D eigenvalue weighted by atomic mass is 16.4. The number of nitrogens with one attached hydrogen (secondary N) is 1. The van der Waals surface area contributed by atoms with Crippen LogP contribution in [0.15, 0.2) is 30.3 Å². The van der Waals surface area contributed by atoms with Crippen molar-refractivity contribution in [2.24, 2.45) is 0 Å². The fourth-order valence-corrected chi connectivity index (χ4v) is 2.78. The Morgan fingerprint density at radius 2 is 2.00 bits per heavy atom. The number of tetrazole rings is 1. The summed E-state index contributed by atoms with van der Waals surface area (Å²) in [5.74, 6) is -0.188. The molecule has 1 aliphatic carbocycles. The second kappa shape index (κ2) is 5.61. The Balaban J connectivity index is 1.78. The molecule has 1 aromatic heterocycles. The summed E-state index contributed by atoms with van der Waals surface area (Å²) in [7, 11) is 0. The van der Waals surface area contributed by atoms with Crippen molar-refractivity contribution in [2.75, 3.05) is 0 Å². The number of aromatic nitrogens is 4. The van der Waals surface area contributed by atoms with Gasteiger partial charge in [-0.15, -0.1) is 5.10 Å². The van der Waals surface area contributed by atoms with E-state index in [2.05, 4.69) is 20.8 Å². The van der Waals surface area contributed by atoms with Gasteiger partial charge in [-0.1, -0.05) is 31.0 Å². The van der Waals surface area contributed by atoms with E-state index >= 15 is 0 Å². The average molecular weight is 287 g/mol. The van der Waals surface area contributed by atoms with E-state index in [1.165, 1.54) is 0 Å². The summed E-state index contributed by atoms with van der Waals surface area (Å²) in [5, 5.41) is 24.2. The average Bonchev–Trinajstić information content (AvgIpc) is 3.16. The van der Waals surface area contributed by atoms with Gasteiger partial charge < -0.3 is 5.11 Å². The summed E-state index contributed by atoms with van der Waals surface area (Å²) < 4.78 is 1.62. The van der Waals surface area contributed by atoms with Gasteiger partial charge in [-0.25, -0.2) is 0 Å². The van der Waals surface area contributed by atoms with E-state index in [4.69, 9.17) is 0 Å². The third-order valence-corrected chi connectivity index (χ3v) is 3.99. The maximum absolute atomic E-state index is 11.5. The molecule has 1 aliphatic rings. The van der Waals surface area contributed by atoms with Gasteiger partial charge in [0, 0.05) is 0 Å². The van der Waals surface area contributed by atoms with Crippen molar-refractivity contribution in [1.82, 2.24) is 25.5 Å². The van der Waals surface area contributed by atoms with Crippen LogP contribution in [0.5, 0.6) is 0 Å². The fourth-order valence-electron chi connectivity index (χ4n) is 2.78. The zero-order chi connectivity index (χ0) is 14.7. The molecule has 7 heteroatoms. The van der Waals surface area contributed by atoms with Crippen LogP contribution in [0.2, 0.25) is 0 Å². The van der Waals surface area contributed by atoms with Crippen LogP contribution in [0, 0.1) is 0 Å². The van der Waals surface area contributed by atoms with Crippen LogP contribution < -0.4 is 5.32 Å². The number of nitrogens with zero attached hydrogens (tertiary/aromatic N) is 4. The van der Waals surface area contributed by atoms with E-state index in [-0.39, 0.29) is 0 Å². The minimum absolute atomic E-state index is 0.328. The monoisotopic (exact) mass is 287 g/mol. The number of carboxylic acids is 1. The van der Waals surface area contributed by atoms with Crippen molar-refractivity contribution in [3.8, 4) is 5.69 Å². The molecule has 21 heavy (non-hydrogen) atoms. The van der Waals surface area contributed by atoms with Crippen molar-refractivity contribution in [2.45, 2.75) is 37.8 Å². The van der Waals surface area contributed by atoms with Gasteiger partial charge in [0.1, 0.15) is 5.54 Å². The smallest absolute Gasteiger partial charge is 0.323 e. The Morgan fingerprint density at radius 1 is 1.29 bits per heavy atom. The quantitative estimate of drug-likeness (QED) is 0.857. The number of aliphatic carboxylic acids is 1. The summed E-state index contributed by atoms with van der Waals surface area (Å²) >= 11 is 0. The zero-order valence-corrected chi connectivity index (χ0v) is 11.6. The van der Waals surface area contributed by atoms with Gasteiger partial charge in [0.2, 0.25) is 0 Å². The predicted octanol–water partition coefficient (Wildman–Crippen LogP) is 1.15. The topological polar surface area (TPSA) is 92.9 Å². The summed E-state index contributed by atoms with van der Waals surface area (Å²) in [6.45, 7) is 0.328. The number of carbonyl (C=O) groups is 1. The highest BCUT2D eigenvalue weighted by Gasteiger charge is 2.41. The van der Waals surface area contributed by atoms with E-state index in [1.807, 2.05) is 30.3 Å². The Morgan fingerprint density at radius 3 is 2.67 bits per heavy atom. The molecule has 1 heterocycles. The minimum atomic E-state index is -0.840. The highest BCUT2D eigenvalue weighted by Crippen LogP contribution is 2.30. The highest BCUT2D eigenvalue weighted by molar-refractivity contribution is 5.79. The molecular weight excluding hydrogens is 270 g/mol. The lowest BCUT2D eigenvalue weighted by atomic mass is 9.98. The molecule has 2 N–H and O–H groups in total. The van der Waals surface area contributed by atoms with E-state index in [1.54, 1.807) is 4.68 Å². The van der Waals surface area contributed by atoms with Gasteiger partial charge in [0.25, 0.3) is 0 Å². The number of hydrogen-bond donors (Lipinski definition) is 2. The summed E-state index contributed by atoms with van der Waals surface area (Å²) in [4.78, 5) is 11.5. The maximum atomic E-state index is 11.5. The van der Waals surface area contributed by atoms with E-state index < -0.39 is 11.5 Å². The van der Waals surface area contributed by atoms with Crippen LogP contribution in [0.25, 0.3) is 5.69 Å². The first-order chi connectivity index (χ1) is 10.2. The van der Waals surface area contributed by atoms with Gasteiger partial charge in [0.05, 0.1) is 12.2 Å². The lowest BCUT2D eigenvalue weighted by Gasteiger charge is -2.25. The number of hydrogen-bond acceptors (Lipinski definition) is 5. The van der Waals surface area contributed by atoms with Gasteiger partial charge in [-0.05, 0) is 35.4 Å².